The Morgan fingerprint density at radius 3 is 2.86 bits per heavy atom. The maximum absolute atomic E-state index is 11.1. The maximum Gasteiger partial charge on any atom is 0.269 e. The standard InChI is InChI=1S/C19H22N8O2/c20-12-1-3-13(4-2-12)23-19-24-17-16(21-10-22-17)18(25-19)26-8-7-11-9-14(27(28)29)5-6-15(11)26/h5-6,9-10,12-13H,1-4,7-8,20H2,(H2,21,22,23,24,25)/t12-,13-. The Morgan fingerprint density at radius 1 is 1.24 bits per heavy atom. The fourth-order valence-corrected chi connectivity index (χ4v) is 4.24. The first-order valence-electron chi connectivity index (χ1n) is 9.86. The van der Waals surface area contributed by atoms with E-state index in [-0.39, 0.29) is 16.7 Å². The number of benzene rings is 1. The van der Waals surface area contributed by atoms with E-state index in [9.17, 15) is 10.1 Å². The van der Waals surface area contributed by atoms with Crippen molar-refractivity contribution in [3.05, 3.63) is 40.2 Å². The zero-order valence-electron chi connectivity index (χ0n) is 15.8. The van der Waals surface area contributed by atoms with E-state index in [0.717, 1.165) is 43.4 Å². The molecular weight excluding hydrogens is 372 g/mol. The van der Waals surface area contributed by atoms with Crippen LogP contribution in [0, 0.1) is 10.1 Å². The number of nitrogens with two attached hydrogens (primary N) is 1. The highest BCUT2D eigenvalue weighted by atomic mass is 16.6. The summed E-state index contributed by atoms with van der Waals surface area (Å²) in [6, 6.07) is 5.55. The van der Waals surface area contributed by atoms with Gasteiger partial charge in [0, 0.05) is 36.4 Å². The van der Waals surface area contributed by atoms with Crippen molar-refractivity contribution in [2.75, 3.05) is 16.8 Å². The number of nitrogens with one attached hydrogen (secondary N) is 2. The number of fused-ring (bicyclic) bond motifs is 2. The Bertz CT molecular complexity index is 1070. The van der Waals surface area contributed by atoms with Crippen LogP contribution in [0.2, 0.25) is 0 Å². The Morgan fingerprint density at radius 2 is 2.07 bits per heavy atom. The molecule has 3 aromatic rings. The van der Waals surface area contributed by atoms with Crippen molar-refractivity contribution in [3.63, 3.8) is 0 Å². The van der Waals surface area contributed by atoms with Crippen LogP contribution in [0.3, 0.4) is 0 Å². The largest absolute Gasteiger partial charge is 0.351 e. The molecule has 10 heteroatoms. The zero-order chi connectivity index (χ0) is 20.0. The van der Waals surface area contributed by atoms with Crippen LogP contribution in [-0.2, 0) is 6.42 Å². The number of nitro benzene ring substituents is 1. The molecule has 5 rings (SSSR count). The highest BCUT2D eigenvalue weighted by Gasteiger charge is 2.27. The van der Waals surface area contributed by atoms with Gasteiger partial charge >= 0.3 is 0 Å². The molecule has 1 aliphatic heterocycles. The number of hydrogen-bond acceptors (Lipinski definition) is 8. The molecule has 1 aliphatic carbocycles. The predicted molar refractivity (Wildman–Crippen MR) is 109 cm³/mol. The number of rotatable bonds is 4. The van der Waals surface area contributed by atoms with Crippen molar-refractivity contribution in [2.24, 2.45) is 5.73 Å². The zero-order valence-corrected chi connectivity index (χ0v) is 15.8. The summed E-state index contributed by atoms with van der Waals surface area (Å²) in [6.45, 7) is 0.688. The second-order valence-electron chi connectivity index (χ2n) is 7.70. The minimum atomic E-state index is -0.363. The lowest BCUT2D eigenvalue weighted by molar-refractivity contribution is -0.384. The van der Waals surface area contributed by atoms with Gasteiger partial charge in [-0.1, -0.05) is 0 Å². The van der Waals surface area contributed by atoms with Gasteiger partial charge in [-0.25, -0.2) is 4.98 Å². The molecule has 0 spiro atoms. The second kappa shape index (κ2) is 6.96. The highest BCUT2D eigenvalue weighted by Crippen LogP contribution is 2.38. The van der Waals surface area contributed by atoms with Gasteiger partial charge in [0.15, 0.2) is 17.0 Å². The van der Waals surface area contributed by atoms with Gasteiger partial charge in [-0.3, -0.25) is 10.1 Å². The van der Waals surface area contributed by atoms with E-state index in [2.05, 4.69) is 25.2 Å². The molecule has 1 saturated carbocycles. The number of H-pyrrole nitrogens is 1. The van der Waals surface area contributed by atoms with Gasteiger partial charge in [0.2, 0.25) is 5.95 Å². The normalized spacial score (nSPS) is 21.3. The summed E-state index contributed by atoms with van der Waals surface area (Å²) in [5.41, 5.74) is 9.34. The van der Waals surface area contributed by atoms with E-state index in [4.69, 9.17) is 10.7 Å². The van der Waals surface area contributed by atoms with E-state index in [0.29, 0.717) is 35.5 Å². The number of nitrogens with zero attached hydrogens (tertiary/aromatic N) is 5. The quantitative estimate of drug-likeness (QED) is 0.453. The van der Waals surface area contributed by atoms with Crippen molar-refractivity contribution >= 4 is 34.3 Å². The van der Waals surface area contributed by atoms with Gasteiger partial charge < -0.3 is 20.9 Å². The van der Waals surface area contributed by atoms with Crippen molar-refractivity contribution in [1.82, 2.24) is 19.9 Å². The lowest BCUT2D eigenvalue weighted by Crippen LogP contribution is -2.33. The van der Waals surface area contributed by atoms with Crippen molar-refractivity contribution in [3.8, 4) is 0 Å². The molecule has 150 valence electrons. The summed E-state index contributed by atoms with van der Waals surface area (Å²) in [7, 11) is 0. The van der Waals surface area contributed by atoms with Crippen LogP contribution in [0.5, 0.6) is 0 Å². The number of aromatic amines is 1. The molecule has 3 heterocycles. The smallest absolute Gasteiger partial charge is 0.269 e. The molecule has 0 amide bonds. The Kier molecular flexibility index (Phi) is 4.27. The maximum atomic E-state index is 11.1. The van der Waals surface area contributed by atoms with Crippen LogP contribution in [0.25, 0.3) is 11.2 Å². The minimum Gasteiger partial charge on any atom is -0.351 e. The molecular formula is C19H22N8O2. The van der Waals surface area contributed by atoms with E-state index < -0.39 is 0 Å². The Labute approximate surface area is 166 Å². The van der Waals surface area contributed by atoms with Gasteiger partial charge in [0.1, 0.15) is 0 Å². The summed E-state index contributed by atoms with van der Waals surface area (Å²) in [4.78, 5) is 29.6. The van der Waals surface area contributed by atoms with Gasteiger partial charge in [-0.2, -0.15) is 9.97 Å². The molecule has 2 aliphatic rings. The topological polar surface area (TPSA) is 139 Å². The molecule has 29 heavy (non-hydrogen) atoms. The second-order valence-corrected chi connectivity index (χ2v) is 7.70. The number of imidazole rings is 1. The van der Waals surface area contributed by atoms with Crippen LogP contribution in [0.15, 0.2) is 24.5 Å². The molecule has 0 atom stereocenters. The SMILES string of the molecule is N[C@H]1CC[C@H](Nc2nc(N3CCc4cc([N+](=O)[O-])ccc43)c3nc[nH]c3n2)CC1. The predicted octanol–water partition coefficient (Wildman–Crippen LogP) is 2.64. The fourth-order valence-electron chi connectivity index (χ4n) is 4.24. The van der Waals surface area contributed by atoms with Crippen LogP contribution in [0.1, 0.15) is 31.2 Å². The first kappa shape index (κ1) is 17.8. The number of anilines is 3. The molecule has 1 aromatic carbocycles. The van der Waals surface area contributed by atoms with E-state index in [1.807, 2.05) is 0 Å². The lowest BCUT2D eigenvalue weighted by atomic mass is 9.92. The monoisotopic (exact) mass is 394 g/mol. The van der Waals surface area contributed by atoms with Crippen LogP contribution >= 0.6 is 0 Å². The molecule has 2 aromatic heterocycles. The average Bonchev–Trinajstić information content (AvgIpc) is 3.35. The van der Waals surface area contributed by atoms with E-state index in [1.54, 1.807) is 18.5 Å². The average molecular weight is 394 g/mol. The van der Waals surface area contributed by atoms with Gasteiger partial charge in [-0.05, 0) is 43.7 Å². The van der Waals surface area contributed by atoms with Crippen LogP contribution in [0.4, 0.5) is 23.1 Å². The number of aromatic nitrogens is 4. The third kappa shape index (κ3) is 3.25. The van der Waals surface area contributed by atoms with E-state index >= 15 is 0 Å². The Balaban J connectivity index is 1.49. The van der Waals surface area contributed by atoms with Crippen LogP contribution in [-0.4, -0.2) is 43.5 Å². The molecule has 4 N–H and O–H groups in total. The third-order valence-corrected chi connectivity index (χ3v) is 5.79. The molecule has 1 fully saturated rings. The van der Waals surface area contributed by atoms with Crippen molar-refractivity contribution in [2.45, 2.75) is 44.2 Å². The summed E-state index contributed by atoms with van der Waals surface area (Å²) in [5.74, 6) is 1.27. The van der Waals surface area contributed by atoms with Gasteiger partial charge in [-0.15, -0.1) is 0 Å². The van der Waals surface area contributed by atoms with Crippen molar-refractivity contribution < 1.29 is 4.92 Å². The molecule has 10 nitrogen and oxygen atoms in total. The number of hydrogen-bond donors (Lipinski definition) is 3. The van der Waals surface area contributed by atoms with Crippen LogP contribution < -0.4 is 16.0 Å². The molecule has 0 bridgehead atoms. The minimum absolute atomic E-state index is 0.107. The van der Waals surface area contributed by atoms with Gasteiger partial charge in [0.25, 0.3) is 5.69 Å². The van der Waals surface area contributed by atoms with Gasteiger partial charge in [0.05, 0.1) is 11.3 Å². The molecule has 0 unspecified atom stereocenters. The summed E-state index contributed by atoms with van der Waals surface area (Å²) in [6.07, 6.45) is 6.31. The third-order valence-electron chi connectivity index (χ3n) is 5.79. The highest BCUT2D eigenvalue weighted by molar-refractivity contribution is 5.88. The first-order valence-corrected chi connectivity index (χ1v) is 9.86. The lowest BCUT2D eigenvalue weighted by Gasteiger charge is -2.27. The fraction of sp³-hybridized carbons (Fsp3) is 0.421. The molecule has 0 saturated heterocycles. The summed E-state index contributed by atoms with van der Waals surface area (Å²) >= 11 is 0. The number of non-ortho nitro benzene ring substituents is 1. The summed E-state index contributed by atoms with van der Waals surface area (Å²) < 4.78 is 0. The number of nitro groups is 1. The Hall–Kier alpha value is -3.27. The van der Waals surface area contributed by atoms with E-state index in [1.165, 1.54) is 6.07 Å². The molecule has 0 radical (unpaired) electrons. The first-order chi connectivity index (χ1) is 14.1. The van der Waals surface area contributed by atoms with Crippen molar-refractivity contribution in [1.29, 1.82) is 0 Å². The summed E-state index contributed by atoms with van der Waals surface area (Å²) in [5, 5.41) is 14.5.